The molecule has 0 amide bonds. The summed E-state index contributed by atoms with van der Waals surface area (Å²) in [7, 11) is 0. The molecule has 1 spiro atoms. The maximum Gasteiger partial charge on any atom is 0.117 e. The lowest BCUT2D eigenvalue weighted by Gasteiger charge is -2.47. The van der Waals surface area contributed by atoms with Gasteiger partial charge in [-0.25, -0.2) is 0 Å². The van der Waals surface area contributed by atoms with Crippen LogP contribution in [0.5, 0.6) is 0 Å². The van der Waals surface area contributed by atoms with Crippen LogP contribution in [0.3, 0.4) is 0 Å². The Kier molecular flexibility index (Phi) is 2.29. The Morgan fingerprint density at radius 3 is 2.60 bits per heavy atom. The normalized spacial score (nSPS) is 25.3. The molecule has 2 aliphatic heterocycles. The summed E-state index contributed by atoms with van der Waals surface area (Å²) in [6, 6.07) is 4.01. The minimum absolute atomic E-state index is 0.541. The van der Waals surface area contributed by atoms with Crippen LogP contribution < -0.4 is 0 Å². The van der Waals surface area contributed by atoms with E-state index in [2.05, 4.69) is 11.0 Å². The van der Waals surface area contributed by atoms with E-state index >= 15 is 0 Å². The molecule has 0 N–H and O–H groups in total. The Balaban J connectivity index is 1.53. The Hall–Kier alpha value is -0.800. The van der Waals surface area contributed by atoms with Gasteiger partial charge in [0.1, 0.15) is 5.76 Å². The second-order valence-corrected chi connectivity index (χ2v) is 4.85. The van der Waals surface area contributed by atoms with Gasteiger partial charge in [0.25, 0.3) is 0 Å². The molecule has 3 nitrogen and oxygen atoms in total. The van der Waals surface area contributed by atoms with Crippen molar-refractivity contribution in [2.24, 2.45) is 5.41 Å². The van der Waals surface area contributed by atoms with Gasteiger partial charge in [0, 0.05) is 5.41 Å². The summed E-state index contributed by atoms with van der Waals surface area (Å²) in [5.41, 5.74) is 0.541. The molecule has 1 aromatic rings. The van der Waals surface area contributed by atoms with Crippen LogP contribution >= 0.6 is 0 Å². The Bertz CT molecular complexity index is 306. The predicted octanol–water partition coefficient (Wildman–Crippen LogP) is 1.89. The highest BCUT2D eigenvalue weighted by atomic mass is 16.5. The van der Waals surface area contributed by atoms with E-state index in [0.29, 0.717) is 5.41 Å². The number of hydrogen-bond acceptors (Lipinski definition) is 3. The highest BCUT2D eigenvalue weighted by Gasteiger charge is 2.40. The van der Waals surface area contributed by atoms with Crippen molar-refractivity contribution >= 4 is 0 Å². The average molecular weight is 207 g/mol. The zero-order valence-electron chi connectivity index (χ0n) is 8.95. The van der Waals surface area contributed by atoms with Gasteiger partial charge < -0.3 is 9.15 Å². The molecule has 0 saturated carbocycles. The Morgan fingerprint density at radius 2 is 2.07 bits per heavy atom. The largest absolute Gasteiger partial charge is 0.468 e. The van der Waals surface area contributed by atoms with E-state index in [1.807, 2.05) is 6.07 Å². The molecule has 2 fully saturated rings. The summed E-state index contributed by atoms with van der Waals surface area (Å²) in [5, 5.41) is 0. The van der Waals surface area contributed by atoms with E-state index in [1.54, 1.807) is 6.26 Å². The molecule has 2 saturated heterocycles. The van der Waals surface area contributed by atoms with Crippen molar-refractivity contribution in [3.05, 3.63) is 24.2 Å². The molecular weight excluding hydrogens is 190 g/mol. The van der Waals surface area contributed by atoms with E-state index in [1.165, 1.54) is 25.9 Å². The molecule has 3 rings (SSSR count). The van der Waals surface area contributed by atoms with E-state index in [4.69, 9.17) is 9.15 Å². The zero-order valence-corrected chi connectivity index (χ0v) is 8.95. The molecule has 0 radical (unpaired) electrons. The summed E-state index contributed by atoms with van der Waals surface area (Å²) < 4.78 is 10.7. The predicted molar refractivity (Wildman–Crippen MR) is 56.5 cm³/mol. The molecule has 0 atom stereocenters. The molecule has 1 aromatic heterocycles. The fraction of sp³-hybridized carbons (Fsp3) is 0.667. The summed E-state index contributed by atoms with van der Waals surface area (Å²) in [6.07, 6.45) is 4.32. The third kappa shape index (κ3) is 1.82. The van der Waals surface area contributed by atoms with Gasteiger partial charge in [0.15, 0.2) is 0 Å². The fourth-order valence-electron chi connectivity index (χ4n) is 2.49. The molecule has 0 bridgehead atoms. The summed E-state index contributed by atoms with van der Waals surface area (Å²) in [5.74, 6) is 1.08. The molecule has 0 aromatic carbocycles. The number of piperidine rings is 1. The summed E-state index contributed by atoms with van der Waals surface area (Å²) in [6.45, 7) is 5.31. The summed E-state index contributed by atoms with van der Waals surface area (Å²) >= 11 is 0. The molecule has 0 unspecified atom stereocenters. The maximum absolute atomic E-state index is 5.36. The quantitative estimate of drug-likeness (QED) is 0.740. The van der Waals surface area contributed by atoms with Crippen molar-refractivity contribution in [1.29, 1.82) is 0 Å². The van der Waals surface area contributed by atoms with Crippen LogP contribution in [-0.2, 0) is 11.3 Å². The van der Waals surface area contributed by atoms with Gasteiger partial charge >= 0.3 is 0 Å². The van der Waals surface area contributed by atoms with Gasteiger partial charge in [-0.3, -0.25) is 4.90 Å². The van der Waals surface area contributed by atoms with Crippen molar-refractivity contribution < 1.29 is 9.15 Å². The second kappa shape index (κ2) is 3.65. The lowest BCUT2D eigenvalue weighted by Crippen LogP contribution is -2.50. The van der Waals surface area contributed by atoms with Crippen LogP contribution in [0.25, 0.3) is 0 Å². The first-order valence-corrected chi connectivity index (χ1v) is 5.69. The topological polar surface area (TPSA) is 25.6 Å². The van der Waals surface area contributed by atoms with Crippen molar-refractivity contribution in [3.63, 3.8) is 0 Å². The zero-order chi connectivity index (χ0) is 10.1. The van der Waals surface area contributed by atoms with Gasteiger partial charge in [-0.05, 0) is 38.1 Å². The van der Waals surface area contributed by atoms with E-state index in [-0.39, 0.29) is 0 Å². The van der Waals surface area contributed by atoms with Crippen LogP contribution in [0, 0.1) is 5.41 Å². The van der Waals surface area contributed by atoms with Crippen molar-refractivity contribution in [1.82, 2.24) is 4.90 Å². The van der Waals surface area contributed by atoms with E-state index in [0.717, 1.165) is 25.5 Å². The first kappa shape index (κ1) is 9.43. The van der Waals surface area contributed by atoms with Gasteiger partial charge in [0.2, 0.25) is 0 Å². The fourth-order valence-corrected chi connectivity index (χ4v) is 2.49. The highest BCUT2D eigenvalue weighted by Crippen LogP contribution is 2.38. The van der Waals surface area contributed by atoms with Crippen LogP contribution in [0.1, 0.15) is 18.6 Å². The standard InChI is InChI=1S/C12H17NO2/c1-2-11(15-7-1)8-13-5-3-12(4-6-13)9-14-10-12/h1-2,7H,3-6,8-10H2. The van der Waals surface area contributed by atoms with E-state index in [9.17, 15) is 0 Å². The summed E-state index contributed by atoms with van der Waals surface area (Å²) in [4.78, 5) is 2.47. The Labute approximate surface area is 90.0 Å². The van der Waals surface area contributed by atoms with Crippen LogP contribution in [0.2, 0.25) is 0 Å². The van der Waals surface area contributed by atoms with Gasteiger partial charge in [-0.2, -0.15) is 0 Å². The van der Waals surface area contributed by atoms with Crippen molar-refractivity contribution in [2.45, 2.75) is 19.4 Å². The van der Waals surface area contributed by atoms with Gasteiger partial charge in [0.05, 0.1) is 26.0 Å². The van der Waals surface area contributed by atoms with Crippen molar-refractivity contribution in [2.75, 3.05) is 26.3 Å². The number of hydrogen-bond donors (Lipinski definition) is 0. The third-order valence-corrected chi connectivity index (χ3v) is 3.69. The lowest BCUT2D eigenvalue weighted by atomic mass is 9.77. The highest BCUT2D eigenvalue weighted by molar-refractivity contribution is 4.99. The van der Waals surface area contributed by atoms with Gasteiger partial charge in [-0.1, -0.05) is 0 Å². The molecule has 3 heterocycles. The minimum atomic E-state index is 0.541. The third-order valence-electron chi connectivity index (χ3n) is 3.69. The molecule has 3 heteroatoms. The molecule has 15 heavy (non-hydrogen) atoms. The first-order valence-electron chi connectivity index (χ1n) is 5.69. The van der Waals surface area contributed by atoms with Crippen molar-refractivity contribution in [3.8, 4) is 0 Å². The second-order valence-electron chi connectivity index (χ2n) is 4.85. The monoisotopic (exact) mass is 207 g/mol. The molecule has 2 aliphatic rings. The van der Waals surface area contributed by atoms with Crippen LogP contribution in [-0.4, -0.2) is 31.2 Å². The SMILES string of the molecule is c1coc(CN2CCC3(CC2)COC3)c1. The number of likely N-dealkylation sites (tertiary alicyclic amines) is 1. The van der Waals surface area contributed by atoms with Crippen LogP contribution in [0.4, 0.5) is 0 Å². The average Bonchev–Trinajstić information content (AvgIpc) is 2.69. The number of ether oxygens (including phenoxy) is 1. The van der Waals surface area contributed by atoms with Crippen LogP contribution in [0.15, 0.2) is 22.8 Å². The number of nitrogens with zero attached hydrogens (tertiary/aromatic N) is 1. The molecular formula is C12H17NO2. The number of rotatable bonds is 2. The maximum atomic E-state index is 5.36. The van der Waals surface area contributed by atoms with Gasteiger partial charge in [-0.15, -0.1) is 0 Å². The minimum Gasteiger partial charge on any atom is -0.468 e. The lowest BCUT2D eigenvalue weighted by molar-refractivity contribution is -0.140. The number of furan rings is 1. The molecule has 0 aliphatic carbocycles. The Morgan fingerprint density at radius 1 is 1.27 bits per heavy atom. The smallest absolute Gasteiger partial charge is 0.117 e. The first-order chi connectivity index (χ1) is 7.36. The van der Waals surface area contributed by atoms with E-state index < -0.39 is 0 Å². The molecule has 82 valence electrons.